The molecule has 37 heavy (non-hydrogen) atoms. The van der Waals surface area contributed by atoms with Gasteiger partial charge in [-0.3, -0.25) is 4.99 Å². The van der Waals surface area contributed by atoms with Gasteiger partial charge >= 0.3 is 0 Å². The molecule has 0 saturated heterocycles. The van der Waals surface area contributed by atoms with E-state index in [1.807, 2.05) is 33.4 Å². The van der Waals surface area contributed by atoms with Crippen LogP contribution in [0, 0.1) is 17.3 Å². The lowest BCUT2D eigenvalue weighted by Crippen LogP contribution is -2.82. The van der Waals surface area contributed by atoms with E-state index in [2.05, 4.69) is 77.4 Å². The summed E-state index contributed by atoms with van der Waals surface area (Å²) in [5.74, 6) is 2.32. The van der Waals surface area contributed by atoms with E-state index in [9.17, 15) is 0 Å². The number of nitrogens with zero attached hydrogens (tertiary/aromatic N) is 3. The van der Waals surface area contributed by atoms with Gasteiger partial charge in [-0.05, 0) is 71.3 Å². The Kier molecular flexibility index (Phi) is 7.09. The van der Waals surface area contributed by atoms with Gasteiger partial charge in [-0.15, -0.1) is 0 Å². The SMILES string of the molecule is C=C/C(=C\N(C)C)c1cccc(C2=NC(NC3C4CCC45C(N)CC35)=C(/C(C=NC)=C/CC)C=CC2)c1. The first-order valence-corrected chi connectivity index (χ1v) is 13.7. The minimum Gasteiger partial charge on any atom is -0.383 e. The van der Waals surface area contributed by atoms with Crippen molar-refractivity contribution in [3.8, 4) is 0 Å². The Morgan fingerprint density at radius 3 is 2.76 bits per heavy atom. The molecule has 5 rings (SSSR count). The minimum atomic E-state index is 0.385. The first-order valence-electron chi connectivity index (χ1n) is 13.7. The van der Waals surface area contributed by atoms with Crippen LogP contribution in [0.25, 0.3) is 5.57 Å². The number of hydrogen-bond acceptors (Lipinski definition) is 5. The van der Waals surface area contributed by atoms with Crippen molar-refractivity contribution in [3.63, 3.8) is 0 Å². The van der Waals surface area contributed by atoms with E-state index in [4.69, 9.17) is 10.7 Å². The van der Waals surface area contributed by atoms with Crippen LogP contribution in [0.1, 0.15) is 50.2 Å². The molecule has 0 aromatic heterocycles. The first kappa shape index (κ1) is 25.5. The number of allylic oxidation sites excluding steroid dienone is 7. The lowest BCUT2D eigenvalue weighted by molar-refractivity contribution is -0.252. The number of nitrogens with two attached hydrogens (primary N) is 1. The Hall–Kier alpha value is -3.18. The number of nitrogens with one attached hydrogen (secondary N) is 1. The summed E-state index contributed by atoms with van der Waals surface area (Å²) < 4.78 is 0. The van der Waals surface area contributed by atoms with Gasteiger partial charge in [-0.2, -0.15) is 0 Å². The van der Waals surface area contributed by atoms with Crippen LogP contribution in [0.3, 0.4) is 0 Å². The van der Waals surface area contributed by atoms with Crippen LogP contribution >= 0.6 is 0 Å². The Morgan fingerprint density at radius 2 is 2.14 bits per heavy atom. The fraction of sp³-hybridized carbons (Fsp3) is 0.438. The van der Waals surface area contributed by atoms with E-state index in [1.165, 1.54) is 12.8 Å². The molecule has 1 aromatic carbocycles. The molecule has 3 N–H and O–H groups in total. The number of aliphatic imine (C=N–C) groups is 2. The van der Waals surface area contributed by atoms with Crippen molar-refractivity contribution in [1.82, 2.24) is 10.2 Å². The first-order chi connectivity index (χ1) is 17.9. The fourth-order valence-corrected chi connectivity index (χ4v) is 7.03. The largest absolute Gasteiger partial charge is 0.383 e. The lowest BCUT2D eigenvalue weighted by Gasteiger charge is -2.78. The van der Waals surface area contributed by atoms with Crippen LogP contribution in [0.15, 0.2) is 88.3 Å². The zero-order valence-corrected chi connectivity index (χ0v) is 22.7. The molecule has 0 radical (unpaired) electrons. The Balaban J connectivity index is 1.54. The van der Waals surface area contributed by atoms with E-state index < -0.39 is 0 Å². The van der Waals surface area contributed by atoms with Crippen LogP contribution in [-0.4, -0.2) is 50.1 Å². The third-order valence-corrected chi connectivity index (χ3v) is 8.88. The van der Waals surface area contributed by atoms with Crippen molar-refractivity contribution in [1.29, 1.82) is 0 Å². The maximum Gasteiger partial charge on any atom is 0.134 e. The summed E-state index contributed by atoms with van der Waals surface area (Å²) in [6.45, 7) is 6.20. The highest BCUT2D eigenvalue weighted by molar-refractivity contribution is 6.03. The second-order valence-corrected chi connectivity index (χ2v) is 11.1. The summed E-state index contributed by atoms with van der Waals surface area (Å²) in [5, 5.41) is 3.94. The molecule has 0 bridgehead atoms. The summed E-state index contributed by atoms with van der Waals surface area (Å²) in [6.07, 6.45) is 18.1. The minimum absolute atomic E-state index is 0.385. The third kappa shape index (κ3) is 4.33. The maximum absolute atomic E-state index is 6.47. The van der Waals surface area contributed by atoms with Gasteiger partial charge in [0.25, 0.3) is 0 Å². The predicted molar refractivity (Wildman–Crippen MR) is 157 cm³/mol. The van der Waals surface area contributed by atoms with Gasteiger partial charge in [-0.1, -0.05) is 56.0 Å². The second-order valence-electron chi connectivity index (χ2n) is 11.1. The summed E-state index contributed by atoms with van der Waals surface area (Å²) in [5.41, 5.74) is 13.6. The van der Waals surface area contributed by atoms with Crippen molar-refractivity contribution < 1.29 is 0 Å². The quantitative estimate of drug-likeness (QED) is 0.352. The van der Waals surface area contributed by atoms with Gasteiger partial charge in [0.15, 0.2) is 0 Å². The molecule has 3 aliphatic carbocycles. The molecule has 5 atom stereocenters. The molecule has 5 unspecified atom stereocenters. The molecule has 1 aliphatic heterocycles. The Morgan fingerprint density at radius 1 is 1.30 bits per heavy atom. The molecule has 1 heterocycles. The summed E-state index contributed by atoms with van der Waals surface area (Å²) in [6, 6.07) is 9.49. The topological polar surface area (TPSA) is 66.0 Å². The normalized spacial score (nSPS) is 30.9. The highest BCUT2D eigenvalue weighted by Crippen LogP contribution is 2.73. The molecule has 5 heteroatoms. The van der Waals surface area contributed by atoms with Gasteiger partial charge in [0, 0.05) is 57.6 Å². The molecule has 0 amide bonds. The molecule has 3 fully saturated rings. The highest BCUT2D eigenvalue weighted by atomic mass is 15.1. The third-order valence-electron chi connectivity index (χ3n) is 8.88. The molecule has 1 spiro atoms. The van der Waals surface area contributed by atoms with E-state index in [-0.39, 0.29) is 0 Å². The average molecular weight is 496 g/mol. The Labute approximate surface area is 222 Å². The van der Waals surface area contributed by atoms with E-state index in [0.29, 0.717) is 29.3 Å². The zero-order valence-electron chi connectivity index (χ0n) is 22.7. The lowest BCUT2D eigenvalue weighted by atomic mass is 9.29. The van der Waals surface area contributed by atoms with Gasteiger partial charge in [0.1, 0.15) is 5.82 Å². The van der Waals surface area contributed by atoms with Crippen molar-refractivity contribution in [3.05, 3.63) is 89.4 Å². The van der Waals surface area contributed by atoms with Crippen LogP contribution in [-0.2, 0) is 0 Å². The zero-order chi connectivity index (χ0) is 26.2. The van der Waals surface area contributed by atoms with Crippen molar-refractivity contribution >= 4 is 17.5 Å². The van der Waals surface area contributed by atoms with Crippen LogP contribution in [0.5, 0.6) is 0 Å². The van der Waals surface area contributed by atoms with Gasteiger partial charge in [0.05, 0.1) is 5.71 Å². The van der Waals surface area contributed by atoms with Crippen LogP contribution in [0.2, 0.25) is 0 Å². The fourth-order valence-electron chi connectivity index (χ4n) is 7.03. The van der Waals surface area contributed by atoms with Gasteiger partial charge in [-0.25, -0.2) is 4.99 Å². The Bertz CT molecular complexity index is 1240. The maximum atomic E-state index is 6.47. The number of benzene rings is 1. The summed E-state index contributed by atoms with van der Waals surface area (Å²) in [4.78, 5) is 11.8. The van der Waals surface area contributed by atoms with Crippen LogP contribution < -0.4 is 11.1 Å². The standard InChI is InChI=1S/C32H41N5/c1-6-10-24(19-34-3)25-13-9-14-28(23-12-8-11-22(17-23)21(7-2)20-37(4)5)35-31(25)36-30-26-15-16-32(26)27(30)18-29(32)33/h7-13,17,19-20,26-27,29-30,36H,2,6,14-16,18,33H2,1,3-5H3/b21-20+,24-10+,34-19?. The predicted octanol–water partition coefficient (Wildman–Crippen LogP) is 5.49. The van der Waals surface area contributed by atoms with E-state index in [1.54, 1.807) is 0 Å². The monoisotopic (exact) mass is 495 g/mol. The van der Waals surface area contributed by atoms with E-state index in [0.717, 1.165) is 58.6 Å². The van der Waals surface area contributed by atoms with Crippen molar-refractivity contribution in [2.45, 2.75) is 51.1 Å². The number of hydrogen-bond donors (Lipinski definition) is 2. The molecule has 1 aromatic rings. The molecule has 5 nitrogen and oxygen atoms in total. The number of rotatable bonds is 9. The molecular formula is C32H41N5. The van der Waals surface area contributed by atoms with Crippen LogP contribution in [0.4, 0.5) is 0 Å². The average Bonchev–Trinajstić information content (AvgIpc) is 3.07. The van der Waals surface area contributed by atoms with E-state index >= 15 is 0 Å². The summed E-state index contributed by atoms with van der Waals surface area (Å²) in [7, 11) is 5.90. The smallest absolute Gasteiger partial charge is 0.134 e. The van der Waals surface area contributed by atoms with Crippen molar-refractivity contribution in [2.24, 2.45) is 33.0 Å². The molecular weight excluding hydrogens is 454 g/mol. The van der Waals surface area contributed by atoms with Gasteiger partial charge in [0.2, 0.25) is 0 Å². The highest BCUT2D eigenvalue weighted by Gasteiger charge is 2.74. The molecule has 4 aliphatic rings. The summed E-state index contributed by atoms with van der Waals surface area (Å²) >= 11 is 0. The second kappa shape index (κ2) is 10.3. The van der Waals surface area contributed by atoms with Gasteiger partial charge < -0.3 is 16.0 Å². The molecule has 3 saturated carbocycles. The van der Waals surface area contributed by atoms with Crippen molar-refractivity contribution in [2.75, 3.05) is 21.1 Å². The molecule has 194 valence electrons.